The van der Waals surface area contributed by atoms with Crippen molar-refractivity contribution in [2.45, 2.75) is 32.8 Å². The molecule has 0 saturated carbocycles. The fourth-order valence-corrected chi connectivity index (χ4v) is 3.29. The standard InChI is InChI=1S/C19H20N4O5S/c1-3-15(28-18(26)11-5-6-13-14(7-11)21-10-20-13)17(25)23-19-22-12(9-29-19)8-16(24)27-4-2/h5-7,9-10,15H,3-4,8H2,1-2H3,(H,20,21)(H,22,23,25). The Morgan fingerprint density at radius 1 is 1.28 bits per heavy atom. The first kappa shape index (κ1) is 20.5. The number of rotatable bonds is 8. The molecule has 3 aromatic rings. The molecule has 0 saturated heterocycles. The van der Waals surface area contributed by atoms with Crippen molar-refractivity contribution in [3.05, 3.63) is 41.2 Å². The van der Waals surface area contributed by atoms with Gasteiger partial charge in [-0.3, -0.25) is 14.9 Å². The number of benzene rings is 1. The summed E-state index contributed by atoms with van der Waals surface area (Å²) in [5, 5.41) is 4.61. The Hall–Kier alpha value is -3.27. The molecule has 0 aliphatic rings. The lowest BCUT2D eigenvalue weighted by Gasteiger charge is -2.15. The molecular weight excluding hydrogens is 396 g/mol. The third-order valence-electron chi connectivity index (χ3n) is 3.98. The van der Waals surface area contributed by atoms with Gasteiger partial charge < -0.3 is 14.5 Å². The van der Waals surface area contributed by atoms with Crippen LogP contribution in [0.4, 0.5) is 5.13 Å². The largest absolute Gasteiger partial charge is 0.466 e. The minimum Gasteiger partial charge on any atom is -0.466 e. The lowest BCUT2D eigenvalue weighted by molar-refractivity contribution is -0.142. The molecule has 2 N–H and O–H groups in total. The molecule has 3 rings (SSSR count). The number of amides is 1. The van der Waals surface area contributed by atoms with Crippen LogP contribution in [-0.4, -0.2) is 45.5 Å². The highest BCUT2D eigenvalue weighted by Gasteiger charge is 2.23. The molecule has 0 bridgehead atoms. The van der Waals surface area contributed by atoms with Crippen molar-refractivity contribution in [2.75, 3.05) is 11.9 Å². The molecule has 2 aromatic heterocycles. The number of aromatic nitrogens is 3. The zero-order valence-electron chi connectivity index (χ0n) is 15.9. The predicted molar refractivity (Wildman–Crippen MR) is 107 cm³/mol. The van der Waals surface area contributed by atoms with Crippen molar-refractivity contribution < 1.29 is 23.9 Å². The van der Waals surface area contributed by atoms with Crippen LogP contribution in [0.15, 0.2) is 29.9 Å². The first-order valence-corrected chi connectivity index (χ1v) is 9.93. The molecule has 10 heteroatoms. The number of carbonyl (C=O) groups is 3. The van der Waals surface area contributed by atoms with Crippen molar-refractivity contribution in [1.82, 2.24) is 15.0 Å². The number of H-pyrrole nitrogens is 1. The topological polar surface area (TPSA) is 123 Å². The minimum absolute atomic E-state index is 0.0302. The molecular formula is C19H20N4O5S. The van der Waals surface area contributed by atoms with Crippen molar-refractivity contribution in [3.8, 4) is 0 Å². The molecule has 2 heterocycles. The number of nitrogens with one attached hydrogen (secondary N) is 2. The summed E-state index contributed by atoms with van der Waals surface area (Å²) >= 11 is 1.18. The average Bonchev–Trinajstić information content (AvgIpc) is 3.34. The molecule has 29 heavy (non-hydrogen) atoms. The van der Waals surface area contributed by atoms with Crippen LogP contribution in [0.1, 0.15) is 36.3 Å². The quantitative estimate of drug-likeness (QED) is 0.541. The third kappa shape index (κ3) is 5.17. The van der Waals surface area contributed by atoms with Crippen LogP contribution >= 0.6 is 11.3 Å². The summed E-state index contributed by atoms with van der Waals surface area (Å²) in [7, 11) is 0. The van der Waals surface area contributed by atoms with Gasteiger partial charge in [0, 0.05) is 5.38 Å². The van der Waals surface area contributed by atoms with Crippen LogP contribution < -0.4 is 5.32 Å². The number of fused-ring (bicyclic) bond motifs is 1. The van der Waals surface area contributed by atoms with E-state index in [-0.39, 0.29) is 12.4 Å². The van der Waals surface area contributed by atoms with E-state index >= 15 is 0 Å². The number of aromatic amines is 1. The van der Waals surface area contributed by atoms with E-state index in [2.05, 4.69) is 20.3 Å². The highest BCUT2D eigenvalue weighted by Crippen LogP contribution is 2.18. The Labute approximate surface area is 170 Å². The van der Waals surface area contributed by atoms with Crippen LogP contribution in [0, 0.1) is 0 Å². The smallest absolute Gasteiger partial charge is 0.338 e. The number of ether oxygens (including phenoxy) is 2. The summed E-state index contributed by atoms with van der Waals surface area (Å²) in [5.41, 5.74) is 2.25. The molecule has 0 spiro atoms. The number of hydrogen-bond acceptors (Lipinski definition) is 8. The normalized spacial score (nSPS) is 11.8. The molecule has 1 amide bonds. The summed E-state index contributed by atoms with van der Waals surface area (Å²) in [4.78, 5) is 47.6. The first-order chi connectivity index (χ1) is 14.0. The number of imidazole rings is 1. The predicted octanol–water partition coefficient (Wildman–Crippen LogP) is 2.70. The van der Waals surface area contributed by atoms with Crippen molar-refractivity contribution in [1.29, 1.82) is 0 Å². The molecule has 0 aliphatic carbocycles. The van der Waals surface area contributed by atoms with Gasteiger partial charge in [0.05, 0.1) is 41.6 Å². The summed E-state index contributed by atoms with van der Waals surface area (Å²) in [5.74, 6) is -1.48. The highest BCUT2D eigenvalue weighted by atomic mass is 32.1. The first-order valence-electron chi connectivity index (χ1n) is 9.05. The van der Waals surface area contributed by atoms with Gasteiger partial charge in [-0.05, 0) is 31.5 Å². The SMILES string of the molecule is CCOC(=O)Cc1csc(NC(=O)C(CC)OC(=O)c2ccc3nc[nH]c3c2)n1. The van der Waals surface area contributed by atoms with Gasteiger partial charge >= 0.3 is 11.9 Å². The van der Waals surface area contributed by atoms with Gasteiger partial charge in [-0.15, -0.1) is 11.3 Å². The molecule has 1 unspecified atom stereocenters. The number of nitrogens with zero attached hydrogens (tertiary/aromatic N) is 2. The lowest BCUT2D eigenvalue weighted by Crippen LogP contribution is -2.32. The molecule has 0 radical (unpaired) electrons. The van der Waals surface area contributed by atoms with Crippen LogP contribution in [0.25, 0.3) is 11.0 Å². The second-order valence-electron chi connectivity index (χ2n) is 6.05. The Balaban J connectivity index is 1.60. The number of hydrogen-bond donors (Lipinski definition) is 2. The number of esters is 2. The maximum absolute atomic E-state index is 12.5. The summed E-state index contributed by atoms with van der Waals surface area (Å²) < 4.78 is 10.2. The van der Waals surface area contributed by atoms with Gasteiger partial charge in [-0.2, -0.15) is 0 Å². The number of anilines is 1. The maximum Gasteiger partial charge on any atom is 0.338 e. The zero-order chi connectivity index (χ0) is 20.8. The van der Waals surface area contributed by atoms with Gasteiger partial charge in [0.15, 0.2) is 11.2 Å². The minimum atomic E-state index is -0.975. The summed E-state index contributed by atoms with van der Waals surface area (Å²) in [6.07, 6.45) is 0.886. The van der Waals surface area contributed by atoms with E-state index in [1.165, 1.54) is 17.7 Å². The van der Waals surface area contributed by atoms with Crippen LogP contribution in [0.2, 0.25) is 0 Å². The summed E-state index contributed by atoms with van der Waals surface area (Å²) in [6, 6.07) is 4.92. The lowest BCUT2D eigenvalue weighted by atomic mass is 10.2. The summed E-state index contributed by atoms with van der Waals surface area (Å²) in [6.45, 7) is 3.76. The fourth-order valence-electron chi connectivity index (χ4n) is 2.57. The van der Waals surface area contributed by atoms with Crippen molar-refractivity contribution >= 4 is 45.3 Å². The Bertz CT molecular complexity index is 1030. The van der Waals surface area contributed by atoms with E-state index in [1.807, 2.05) is 0 Å². The van der Waals surface area contributed by atoms with Gasteiger partial charge in [-0.25, -0.2) is 14.8 Å². The van der Waals surface area contributed by atoms with Crippen molar-refractivity contribution in [3.63, 3.8) is 0 Å². The molecule has 0 aliphatic heterocycles. The molecule has 0 fully saturated rings. The van der Waals surface area contributed by atoms with Crippen LogP contribution in [0.5, 0.6) is 0 Å². The van der Waals surface area contributed by atoms with Crippen LogP contribution in [0.3, 0.4) is 0 Å². The monoisotopic (exact) mass is 416 g/mol. The van der Waals surface area contributed by atoms with E-state index in [1.54, 1.807) is 37.4 Å². The van der Waals surface area contributed by atoms with Gasteiger partial charge in [0.1, 0.15) is 0 Å². The van der Waals surface area contributed by atoms with E-state index in [0.29, 0.717) is 34.9 Å². The van der Waals surface area contributed by atoms with Gasteiger partial charge in [0.25, 0.3) is 5.91 Å². The van der Waals surface area contributed by atoms with E-state index in [4.69, 9.17) is 9.47 Å². The van der Waals surface area contributed by atoms with E-state index in [0.717, 1.165) is 5.52 Å². The average molecular weight is 416 g/mol. The Morgan fingerprint density at radius 3 is 2.86 bits per heavy atom. The number of thiazole rings is 1. The van der Waals surface area contributed by atoms with Crippen molar-refractivity contribution in [2.24, 2.45) is 0 Å². The van der Waals surface area contributed by atoms with Crippen LogP contribution in [-0.2, 0) is 25.5 Å². The third-order valence-corrected chi connectivity index (χ3v) is 4.79. The molecule has 9 nitrogen and oxygen atoms in total. The van der Waals surface area contributed by atoms with Gasteiger partial charge in [0.2, 0.25) is 0 Å². The van der Waals surface area contributed by atoms with Gasteiger partial charge in [-0.1, -0.05) is 6.92 Å². The van der Waals surface area contributed by atoms with E-state index < -0.39 is 18.0 Å². The maximum atomic E-state index is 12.5. The molecule has 152 valence electrons. The fraction of sp³-hybridized carbons (Fsp3) is 0.316. The van der Waals surface area contributed by atoms with E-state index in [9.17, 15) is 14.4 Å². The Morgan fingerprint density at radius 2 is 2.10 bits per heavy atom. The highest BCUT2D eigenvalue weighted by molar-refractivity contribution is 7.13. The molecule has 1 atom stereocenters. The number of carbonyl (C=O) groups excluding carboxylic acids is 3. The second kappa shape index (κ2) is 9.28. The molecule has 1 aromatic carbocycles. The zero-order valence-corrected chi connectivity index (χ0v) is 16.7. The second-order valence-corrected chi connectivity index (χ2v) is 6.91. The Kier molecular flexibility index (Phi) is 6.55.